The molecule has 3 N–H and O–H groups in total. The van der Waals surface area contributed by atoms with Crippen molar-refractivity contribution >= 4 is 12.0 Å². The first-order valence-corrected chi connectivity index (χ1v) is 5.91. The van der Waals surface area contributed by atoms with Crippen LogP contribution in [-0.2, 0) is 4.79 Å². The molecular weight excluding hydrogens is 283 g/mol. The summed E-state index contributed by atoms with van der Waals surface area (Å²) in [5, 5.41) is 19.5. The van der Waals surface area contributed by atoms with E-state index in [9.17, 15) is 22.8 Å². The molecule has 0 saturated carbocycles. The normalized spacial score (nSPS) is 18.7. The lowest BCUT2D eigenvalue weighted by Crippen LogP contribution is -2.56. The molecule has 116 valence electrons. The number of hydrogen-bond donors (Lipinski definition) is 3. The molecule has 1 saturated heterocycles. The predicted molar refractivity (Wildman–Crippen MR) is 61.1 cm³/mol. The number of alkyl halides is 3. The number of aliphatic hydroxyl groups excluding tert-OH is 1. The first-order chi connectivity index (χ1) is 9.23. The molecular formula is C10H16F3N3O4. The van der Waals surface area contributed by atoms with Crippen LogP contribution in [0.3, 0.4) is 0 Å². The van der Waals surface area contributed by atoms with Gasteiger partial charge >= 0.3 is 18.2 Å². The van der Waals surface area contributed by atoms with Crippen LogP contribution < -0.4 is 5.32 Å². The predicted octanol–water partition coefficient (Wildman–Crippen LogP) is -0.679. The highest BCUT2D eigenvalue weighted by Crippen LogP contribution is 2.17. The van der Waals surface area contributed by atoms with Gasteiger partial charge in [-0.25, -0.2) is 9.59 Å². The zero-order valence-corrected chi connectivity index (χ0v) is 10.6. The number of urea groups is 1. The number of hydrogen-bond acceptors (Lipinski definition) is 4. The van der Waals surface area contributed by atoms with Crippen molar-refractivity contribution in [2.75, 3.05) is 39.3 Å². The molecule has 1 rings (SSSR count). The van der Waals surface area contributed by atoms with Gasteiger partial charge in [0.25, 0.3) is 0 Å². The molecule has 1 aliphatic heterocycles. The lowest BCUT2D eigenvalue weighted by Gasteiger charge is -2.35. The number of halogens is 3. The quantitative estimate of drug-likeness (QED) is 0.640. The van der Waals surface area contributed by atoms with E-state index >= 15 is 0 Å². The first kappa shape index (κ1) is 16.5. The number of carbonyl (C=O) groups excluding carboxylic acids is 1. The minimum Gasteiger partial charge on any atom is -0.480 e. The van der Waals surface area contributed by atoms with Crippen molar-refractivity contribution in [3.05, 3.63) is 0 Å². The maximum Gasteiger partial charge on any atom is 0.401 e. The maximum absolute atomic E-state index is 12.2. The number of amides is 2. The molecule has 1 fully saturated rings. The van der Waals surface area contributed by atoms with Crippen molar-refractivity contribution in [3.8, 4) is 0 Å². The van der Waals surface area contributed by atoms with E-state index in [1.54, 1.807) is 0 Å². The number of aliphatic hydroxyl groups is 1. The Hall–Kier alpha value is -1.55. The molecule has 0 aromatic carbocycles. The third-order valence-electron chi connectivity index (χ3n) is 2.84. The summed E-state index contributed by atoms with van der Waals surface area (Å²) in [6, 6.07) is -2.13. The van der Waals surface area contributed by atoms with Crippen molar-refractivity contribution in [3.63, 3.8) is 0 Å². The van der Waals surface area contributed by atoms with Gasteiger partial charge in [0.1, 0.15) is 0 Å². The van der Waals surface area contributed by atoms with Crippen molar-refractivity contribution in [2.45, 2.75) is 12.2 Å². The molecule has 1 unspecified atom stereocenters. The summed E-state index contributed by atoms with van der Waals surface area (Å²) in [6.45, 7) is -1.53. The van der Waals surface area contributed by atoms with Crippen molar-refractivity contribution in [1.29, 1.82) is 0 Å². The maximum atomic E-state index is 12.2. The van der Waals surface area contributed by atoms with Crippen molar-refractivity contribution < 1.29 is 33.0 Å². The minimum absolute atomic E-state index is 0.0593. The lowest BCUT2D eigenvalue weighted by molar-refractivity contribution is -0.148. The summed E-state index contributed by atoms with van der Waals surface area (Å²) in [4.78, 5) is 24.7. The Labute approximate surface area is 112 Å². The van der Waals surface area contributed by atoms with E-state index in [2.05, 4.69) is 5.32 Å². The summed E-state index contributed by atoms with van der Waals surface area (Å²) in [7, 11) is 0. The third kappa shape index (κ3) is 5.21. The van der Waals surface area contributed by atoms with Crippen molar-refractivity contribution in [1.82, 2.24) is 15.1 Å². The fraction of sp³-hybridized carbons (Fsp3) is 0.800. The summed E-state index contributed by atoms with van der Waals surface area (Å²) in [5.74, 6) is -1.38. The van der Waals surface area contributed by atoms with Crippen LogP contribution in [0.25, 0.3) is 0 Å². The molecule has 20 heavy (non-hydrogen) atoms. The zero-order chi connectivity index (χ0) is 15.3. The van der Waals surface area contributed by atoms with Gasteiger partial charge in [-0.15, -0.1) is 0 Å². The summed E-state index contributed by atoms with van der Waals surface area (Å²) >= 11 is 0. The van der Waals surface area contributed by atoms with E-state index < -0.39 is 37.4 Å². The molecule has 0 radical (unpaired) electrons. The van der Waals surface area contributed by atoms with E-state index in [-0.39, 0.29) is 26.2 Å². The Kier molecular flexibility index (Phi) is 5.57. The van der Waals surface area contributed by atoms with Crippen LogP contribution in [0, 0.1) is 0 Å². The molecule has 1 atom stereocenters. The number of nitrogens with one attached hydrogen (secondary N) is 1. The van der Waals surface area contributed by atoms with Gasteiger partial charge in [0, 0.05) is 26.2 Å². The highest BCUT2D eigenvalue weighted by molar-refractivity contribution is 5.82. The van der Waals surface area contributed by atoms with Crippen LogP contribution in [0.15, 0.2) is 0 Å². The lowest BCUT2D eigenvalue weighted by atomic mass is 10.3. The van der Waals surface area contributed by atoms with Gasteiger partial charge in [0.15, 0.2) is 6.04 Å². The van der Waals surface area contributed by atoms with Gasteiger partial charge in [-0.1, -0.05) is 0 Å². The zero-order valence-electron chi connectivity index (χ0n) is 10.6. The highest BCUT2D eigenvalue weighted by Gasteiger charge is 2.33. The number of carboxylic acids is 1. The van der Waals surface area contributed by atoms with Crippen LogP contribution >= 0.6 is 0 Å². The number of aliphatic carboxylic acids is 1. The van der Waals surface area contributed by atoms with Crippen LogP contribution in [0.2, 0.25) is 0 Å². The number of nitrogens with zero attached hydrogens (tertiary/aromatic N) is 2. The van der Waals surface area contributed by atoms with Gasteiger partial charge < -0.3 is 20.4 Å². The SMILES string of the molecule is O=C(O)C(CO)NC(=O)N1CCN(CC(F)(F)F)CC1. The van der Waals surface area contributed by atoms with Crippen molar-refractivity contribution in [2.24, 2.45) is 0 Å². The number of rotatable bonds is 4. The Balaban J connectivity index is 2.41. The Morgan fingerprint density at radius 2 is 1.75 bits per heavy atom. The smallest absolute Gasteiger partial charge is 0.401 e. The summed E-state index contributed by atoms with van der Waals surface area (Å²) < 4.78 is 36.5. The van der Waals surface area contributed by atoms with E-state index in [0.29, 0.717) is 0 Å². The Morgan fingerprint density at radius 3 is 2.15 bits per heavy atom. The standard InChI is InChI=1S/C10H16F3N3O4/c11-10(12,13)6-15-1-3-16(4-2-15)9(20)14-7(5-17)8(18)19/h7,17H,1-6H2,(H,14,20)(H,18,19). The fourth-order valence-corrected chi connectivity index (χ4v) is 1.79. The van der Waals surface area contributed by atoms with Crippen LogP contribution in [-0.4, -0.2) is 83.6 Å². The average molecular weight is 299 g/mol. The molecule has 2 amide bonds. The Bertz CT molecular complexity index is 356. The van der Waals surface area contributed by atoms with Gasteiger partial charge in [-0.3, -0.25) is 4.90 Å². The van der Waals surface area contributed by atoms with Gasteiger partial charge in [0.05, 0.1) is 13.2 Å². The molecule has 10 heteroatoms. The molecule has 0 aromatic rings. The summed E-state index contributed by atoms with van der Waals surface area (Å²) in [5.41, 5.74) is 0. The van der Waals surface area contributed by atoms with E-state index in [4.69, 9.17) is 10.2 Å². The van der Waals surface area contributed by atoms with E-state index in [0.717, 1.165) is 0 Å². The van der Waals surface area contributed by atoms with Crippen LogP contribution in [0.5, 0.6) is 0 Å². The third-order valence-corrected chi connectivity index (χ3v) is 2.84. The van der Waals surface area contributed by atoms with Gasteiger partial charge in [0.2, 0.25) is 0 Å². The second-order valence-corrected chi connectivity index (χ2v) is 4.40. The molecule has 0 aromatic heterocycles. The minimum atomic E-state index is -4.28. The molecule has 1 aliphatic rings. The molecule has 7 nitrogen and oxygen atoms in total. The van der Waals surface area contributed by atoms with E-state index in [1.807, 2.05) is 0 Å². The number of carboxylic acid groups (broad SMARTS) is 1. The van der Waals surface area contributed by atoms with E-state index in [1.165, 1.54) is 9.80 Å². The van der Waals surface area contributed by atoms with Gasteiger partial charge in [-0.2, -0.15) is 13.2 Å². The second-order valence-electron chi connectivity index (χ2n) is 4.40. The second kappa shape index (κ2) is 6.75. The highest BCUT2D eigenvalue weighted by atomic mass is 19.4. The molecule has 0 aliphatic carbocycles. The number of carbonyl (C=O) groups is 2. The molecule has 0 spiro atoms. The molecule has 0 bridgehead atoms. The monoisotopic (exact) mass is 299 g/mol. The van der Waals surface area contributed by atoms with Gasteiger partial charge in [-0.05, 0) is 0 Å². The Morgan fingerprint density at radius 1 is 1.20 bits per heavy atom. The summed E-state index contributed by atoms with van der Waals surface area (Å²) in [6.07, 6.45) is -4.28. The molecule has 1 heterocycles. The topological polar surface area (TPSA) is 93.1 Å². The fourth-order valence-electron chi connectivity index (χ4n) is 1.79. The average Bonchev–Trinajstić information content (AvgIpc) is 2.34. The van der Waals surface area contributed by atoms with Crippen LogP contribution in [0.4, 0.5) is 18.0 Å². The van der Waals surface area contributed by atoms with Crippen LogP contribution in [0.1, 0.15) is 0 Å². The number of piperazine rings is 1. The first-order valence-electron chi connectivity index (χ1n) is 5.91. The largest absolute Gasteiger partial charge is 0.480 e.